The molecule has 5 nitrogen and oxygen atoms in total. The van der Waals surface area contributed by atoms with Crippen LogP contribution in [0.1, 0.15) is 39.0 Å². The van der Waals surface area contributed by atoms with E-state index in [-0.39, 0.29) is 11.9 Å². The molecule has 0 radical (unpaired) electrons. The lowest BCUT2D eigenvalue weighted by Gasteiger charge is -2.64. The van der Waals surface area contributed by atoms with Crippen LogP contribution in [0.25, 0.3) is 0 Å². The molecule has 0 bridgehead atoms. The Morgan fingerprint density at radius 1 is 1.36 bits per heavy atom. The van der Waals surface area contributed by atoms with Gasteiger partial charge in [-0.25, -0.2) is 0 Å². The molecule has 1 spiro atoms. The number of hydrogen-bond acceptors (Lipinski definition) is 4. The number of nitrogens with one attached hydrogen (secondary N) is 2. The van der Waals surface area contributed by atoms with Crippen molar-refractivity contribution in [3.05, 3.63) is 24.3 Å². The number of carbonyl (C=O) groups is 1. The average molecular weight is 344 g/mol. The standard InChI is InChI=1S/C20H28N2O3/c1-13(12-17(23)22-14-4-6-15(24-2)7-5-14)21-18-16-8-11-25-19(16)20(18)9-3-10-20/h4-7,13,16,18-19,21H,3,8-12H2,1-2H3,(H,22,23)/t13-,16+,18+,19-/m0/s1. The van der Waals surface area contributed by atoms with Gasteiger partial charge in [0.1, 0.15) is 5.75 Å². The summed E-state index contributed by atoms with van der Waals surface area (Å²) in [7, 11) is 1.64. The van der Waals surface area contributed by atoms with Gasteiger partial charge in [-0.1, -0.05) is 6.42 Å². The lowest BCUT2D eigenvalue weighted by molar-refractivity contribution is -0.178. The van der Waals surface area contributed by atoms with Crippen LogP contribution in [0.15, 0.2) is 24.3 Å². The highest BCUT2D eigenvalue weighted by molar-refractivity contribution is 5.91. The molecule has 1 amide bonds. The number of carbonyl (C=O) groups excluding carboxylic acids is 1. The van der Waals surface area contributed by atoms with Gasteiger partial charge in [-0.05, 0) is 50.5 Å². The molecule has 1 aliphatic heterocycles. The molecule has 136 valence electrons. The monoisotopic (exact) mass is 344 g/mol. The van der Waals surface area contributed by atoms with Crippen molar-refractivity contribution in [1.29, 1.82) is 0 Å². The number of methoxy groups -OCH3 is 1. The second-order valence-electron chi connectivity index (χ2n) is 7.86. The molecule has 2 saturated carbocycles. The minimum Gasteiger partial charge on any atom is -0.497 e. The zero-order chi connectivity index (χ0) is 17.4. The lowest BCUT2D eigenvalue weighted by Crippen LogP contribution is -2.72. The summed E-state index contributed by atoms with van der Waals surface area (Å²) in [6.45, 7) is 3.02. The lowest BCUT2D eigenvalue weighted by atomic mass is 9.46. The molecule has 2 aliphatic carbocycles. The van der Waals surface area contributed by atoms with E-state index in [9.17, 15) is 4.79 Å². The number of ether oxygens (including phenoxy) is 2. The Kier molecular flexibility index (Phi) is 4.46. The molecule has 1 aromatic rings. The minimum atomic E-state index is 0.0476. The van der Waals surface area contributed by atoms with Gasteiger partial charge in [0, 0.05) is 42.1 Å². The molecule has 0 aromatic heterocycles. The molecule has 25 heavy (non-hydrogen) atoms. The maximum absolute atomic E-state index is 12.3. The van der Waals surface area contributed by atoms with Crippen LogP contribution in [0.5, 0.6) is 5.75 Å². The van der Waals surface area contributed by atoms with Gasteiger partial charge in [0.05, 0.1) is 13.2 Å². The SMILES string of the molecule is COc1ccc(NC(=O)C[C@H](C)N[C@@H]2[C@H]3CCO[C@@H]3C23CCC3)cc1. The van der Waals surface area contributed by atoms with Crippen LogP contribution in [0.3, 0.4) is 0 Å². The number of fused-ring (bicyclic) bond motifs is 2. The Hall–Kier alpha value is -1.59. The number of anilines is 1. The van der Waals surface area contributed by atoms with Gasteiger partial charge in [0.25, 0.3) is 0 Å². The molecule has 4 rings (SSSR count). The molecule has 4 atom stereocenters. The zero-order valence-corrected chi connectivity index (χ0v) is 15.1. The molecule has 5 heteroatoms. The fourth-order valence-electron chi connectivity index (χ4n) is 5.02. The summed E-state index contributed by atoms with van der Waals surface area (Å²) in [6.07, 6.45) is 5.98. The fraction of sp³-hybridized carbons (Fsp3) is 0.650. The Balaban J connectivity index is 1.29. The Morgan fingerprint density at radius 2 is 2.12 bits per heavy atom. The molecule has 1 aromatic carbocycles. The van der Waals surface area contributed by atoms with Crippen molar-refractivity contribution in [2.24, 2.45) is 11.3 Å². The number of rotatable bonds is 6. The van der Waals surface area contributed by atoms with E-state index in [1.807, 2.05) is 24.3 Å². The largest absolute Gasteiger partial charge is 0.497 e. The zero-order valence-electron chi connectivity index (χ0n) is 15.1. The molecule has 1 heterocycles. The van der Waals surface area contributed by atoms with Crippen molar-refractivity contribution < 1.29 is 14.3 Å². The van der Waals surface area contributed by atoms with E-state index in [1.165, 1.54) is 19.3 Å². The molecule has 0 unspecified atom stereocenters. The predicted molar refractivity (Wildman–Crippen MR) is 96.8 cm³/mol. The van der Waals surface area contributed by atoms with E-state index >= 15 is 0 Å². The Morgan fingerprint density at radius 3 is 2.76 bits per heavy atom. The van der Waals surface area contributed by atoms with Gasteiger partial charge >= 0.3 is 0 Å². The molecule has 2 N–H and O–H groups in total. The van der Waals surface area contributed by atoms with E-state index in [2.05, 4.69) is 17.6 Å². The van der Waals surface area contributed by atoms with Crippen molar-refractivity contribution >= 4 is 11.6 Å². The van der Waals surface area contributed by atoms with E-state index in [0.717, 1.165) is 24.5 Å². The van der Waals surface area contributed by atoms with E-state index in [4.69, 9.17) is 9.47 Å². The highest BCUT2D eigenvalue weighted by Gasteiger charge is 2.66. The summed E-state index contributed by atoms with van der Waals surface area (Å²) in [5, 5.41) is 6.72. The van der Waals surface area contributed by atoms with Crippen LogP contribution in [-0.4, -0.2) is 37.8 Å². The van der Waals surface area contributed by atoms with E-state index in [1.54, 1.807) is 7.11 Å². The second-order valence-corrected chi connectivity index (χ2v) is 7.86. The summed E-state index contributed by atoms with van der Waals surface area (Å²) in [5.41, 5.74) is 1.17. The summed E-state index contributed by atoms with van der Waals surface area (Å²) in [6, 6.07) is 8.13. The third kappa shape index (κ3) is 2.93. The van der Waals surface area contributed by atoms with Crippen molar-refractivity contribution in [2.45, 2.75) is 57.2 Å². The first-order valence-corrected chi connectivity index (χ1v) is 9.44. The highest BCUT2D eigenvalue weighted by Crippen LogP contribution is 2.62. The summed E-state index contributed by atoms with van der Waals surface area (Å²) >= 11 is 0. The molecule has 3 aliphatic rings. The van der Waals surface area contributed by atoms with Crippen molar-refractivity contribution in [2.75, 3.05) is 19.0 Å². The highest BCUT2D eigenvalue weighted by atomic mass is 16.5. The Labute approximate surface area is 149 Å². The van der Waals surface area contributed by atoms with Crippen LogP contribution in [-0.2, 0) is 9.53 Å². The van der Waals surface area contributed by atoms with Crippen molar-refractivity contribution in [1.82, 2.24) is 5.32 Å². The summed E-state index contributed by atoms with van der Waals surface area (Å²) < 4.78 is 11.1. The van der Waals surface area contributed by atoms with Crippen molar-refractivity contribution in [3.8, 4) is 5.75 Å². The average Bonchev–Trinajstić information content (AvgIpc) is 2.97. The third-order valence-corrected chi connectivity index (χ3v) is 6.37. The predicted octanol–water partition coefficient (Wildman–Crippen LogP) is 2.96. The van der Waals surface area contributed by atoms with Crippen LogP contribution < -0.4 is 15.4 Å². The quantitative estimate of drug-likeness (QED) is 0.833. The first-order valence-electron chi connectivity index (χ1n) is 9.44. The summed E-state index contributed by atoms with van der Waals surface area (Å²) in [4.78, 5) is 12.3. The topological polar surface area (TPSA) is 59.6 Å². The van der Waals surface area contributed by atoms with Crippen LogP contribution in [0.2, 0.25) is 0 Å². The first-order chi connectivity index (χ1) is 12.1. The van der Waals surface area contributed by atoms with Crippen LogP contribution >= 0.6 is 0 Å². The van der Waals surface area contributed by atoms with Gasteiger partial charge in [-0.15, -0.1) is 0 Å². The minimum absolute atomic E-state index is 0.0476. The van der Waals surface area contributed by atoms with Gasteiger partial charge in [-0.3, -0.25) is 4.79 Å². The fourth-order valence-corrected chi connectivity index (χ4v) is 5.02. The molecule has 3 fully saturated rings. The van der Waals surface area contributed by atoms with Crippen LogP contribution in [0.4, 0.5) is 5.69 Å². The summed E-state index contributed by atoms with van der Waals surface area (Å²) in [5.74, 6) is 1.48. The van der Waals surface area contributed by atoms with Gasteiger partial charge < -0.3 is 20.1 Å². The maximum Gasteiger partial charge on any atom is 0.225 e. The maximum atomic E-state index is 12.3. The van der Waals surface area contributed by atoms with Gasteiger partial charge in [0.15, 0.2) is 0 Å². The van der Waals surface area contributed by atoms with Gasteiger partial charge in [0.2, 0.25) is 5.91 Å². The van der Waals surface area contributed by atoms with E-state index in [0.29, 0.717) is 29.9 Å². The number of benzene rings is 1. The van der Waals surface area contributed by atoms with E-state index < -0.39 is 0 Å². The second kappa shape index (κ2) is 6.61. The normalized spacial score (nSPS) is 30.1. The third-order valence-electron chi connectivity index (χ3n) is 6.37. The molecular formula is C20H28N2O3. The Bertz CT molecular complexity index is 626. The first kappa shape index (κ1) is 16.9. The molecular weight excluding hydrogens is 316 g/mol. The number of amides is 1. The molecule has 1 saturated heterocycles. The number of hydrogen-bond donors (Lipinski definition) is 2. The van der Waals surface area contributed by atoms with Crippen LogP contribution in [0, 0.1) is 11.3 Å². The van der Waals surface area contributed by atoms with Gasteiger partial charge in [-0.2, -0.15) is 0 Å². The van der Waals surface area contributed by atoms with Crippen molar-refractivity contribution in [3.63, 3.8) is 0 Å². The smallest absolute Gasteiger partial charge is 0.225 e.